The Labute approximate surface area is 125 Å². The smallest absolute Gasteiger partial charge is 0.131 e. The molecule has 0 unspecified atom stereocenters. The fraction of sp³-hybridized carbons (Fsp3) is 0.278. The second-order valence-corrected chi connectivity index (χ2v) is 4.90. The summed E-state index contributed by atoms with van der Waals surface area (Å²) in [5.41, 5.74) is 0. The Kier molecular flexibility index (Phi) is 5.83. The van der Waals surface area contributed by atoms with E-state index in [0.717, 1.165) is 30.1 Å². The molecule has 110 valence electrons. The summed E-state index contributed by atoms with van der Waals surface area (Å²) >= 11 is 0. The summed E-state index contributed by atoms with van der Waals surface area (Å²) in [7, 11) is 0. The van der Waals surface area contributed by atoms with Gasteiger partial charge in [-0.15, -0.1) is 0 Å². The molecule has 0 spiro atoms. The van der Waals surface area contributed by atoms with E-state index in [1.165, 1.54) is 0 Å². The average molecular weight is 284 g/mol. The van der Waals surface area contributed by atoms with Crippen LogP contribution in [-0.4, -0.2) is 12.4 Å². The van der Waals surface area contributed by atoms with E-state index in [2.05, 4.69) is 0 Å². The lowest BCUT2D eigenvalue weighted by molar-refractivity contribution is -0.117. The minimum Gasteiger partial charge on any atom is -0.493 e. The van der Waals surface area contributed by atoms with Gasteiger partial charge >= 0.3 is 0 Å². The van der Waals surface area contributed by atoms with Crippen LogP contribution in [0, 0.1) is 0 Å². The van der Waals surface area contributed by atoms with Crippen molar-refractivity contribution >= 4 is 5.78 Å². The Bertz CT molecular complexity index is 564. The number of carbonyl (C=O) groups is 1. The number of ketones is 1. The fourth-order valence-corrected chi connectivity index (χ4v) is 1.92. The normalized spacial score (nSPS) is 10.1. The van der Waals surface area contributed by atoms with Gasteiger partial charge in [-0.25, -0.2) is 0 Å². The molecule has 0 fully saturated rings. The molecule has 0 saturated heterocycles. The standard InChI is InChI=1S/C18H20O3/c1-15(19)8-5-6-13-20-17-11-7-12-18(14-17)21-16-9-3-2-4-10-16/h2-4,7,9-12,14H,5-6,8,13H2,1H3. The Balaban J connectivity index is 1.82. The molecule has 0 saturated carbocycles. The van der Waals surface area contributed by atoms with E-state index in [1.54, 1.807) is 6.92 Å². The predicted molar refractivity (Wildman–Crippen MR) is 83.0 cm³/mol. The zero-order valence-electron chi connectivity index (χ0n) is 12.2. The highest BCUT2D eigenvalue weighted by Crippen LogP contribution is 2.25. The van der Waals surface area contributed by atoms with Gasteiger partial charge in [-0.3, -0.25) is 0 Å². The monoisotopic (exact) mass is 284 g/mol. The SMILES string of the molecule is CC(=O)CCCCOc1cccc(Oc2ccccc2)c1. The van der Waals surface area contributed by atoms with Crippen molar-refractivity contribution < 1.29 is 14.3 Å². The van der Waals surface area contributed by atoms with Crippen molar-refractivity contribution in [3.63, 3.8) is 0 Å². The average Bonchev–Trinajstić information content (AvgIpc) is 2.48. The molecule has 3 heteroatoms. The number of carbonyl (C=O) groups excluding carboxylic acids is 1. The topological polar surface area (TPSA) is 35.5 Å². The van der Waals surface area contributed by atoms with Crippen LogP contribution in [0.15, 0.2) is 54.6 Å². The maximum atomic E-state index is 10.8. The van der Waals surface area contributed by atoms with Gasteiger partial charge in [0.2, 0.25) is 0 Å². The lowest BCUT2D eigenvalue weighted by Gasteiger charge is -2.09. The van der Waals surface area contributed by atoms with Crippen LogP contribution >= 0.6 is 0 Å². The molecule has 3 nitrogen and oxygen atoms in total. The zero-order valence-corrected chi connectivity index (χ0v) is 12.2. The van der Waals surface area contributed by atoms with Crippen molar-refractivity contribution in [1.82, 2.24) is 0 Å². The Morgan fingerprint density at radius 1 is 0.905 bits per heavy atom. The molecule has 0 aliphatic rings. The first kappa shape index (κ1) is 15.1. The van der Waals surface area contributed by atoms with Crippen LogP contribution in [0.1, 0.15) is 26.2 Å². The third-order valence-electron chi connectivity index (χ3n) is 2.98. The van der Waals surface area contributed by atoms with Crippen molar-refractivity contribution in [3.8, 4) is 17.2 Å². The molecule has 0 aliphatic carbocycles. The predicted octanol–water partition coefficient (Wildman–Crippen LogP) is 4.62. The molecule has 0 N–H and O–H groups in total. The Hall–Kier alpha value is -2.29. The molecule has 0 radical (unpaired) electrons. The van der Waals surface area contributed by atoms with E-state index in [1.807, 2.05) is 54.6 Å². The summed E-state index contributed by atoms with van der Waals surface area (Å²) in [5, 5.41) is 0. The van der Waals surface area contributed by atoms with Crippen molar-refractivity contribution in [3.05, 3.63) is 54.6 Å². The van der Waals surface area contributed by atoms with Gasteiger partial charge in [0.15, 0.2) is 0 Å². The van der Waals surface area contributed by atoms with Crippen LogP contribution < -0.4 is 9.47 Å². The molecule has 0 bridgehead atoms. The highest BCUT2D eigenvalue weighted by atomic mass is 16.5. The van der Waals surface area contributed by atoms with Crippen molar-refractivity contribution in [2.45, 2.75) is 26.2 Å². The maximum absolute atomic E-state index is 10.8. The van der Waals surface area contributed by atoms with Crippen LogP contribution in [0.25, 0.3) is 0 Å². The van der Waals surface area contributed by atoms with E-state index in [9.17, 15) is 4.79 Å². The second-order valence-electron chi connectivity index (χ2n) is 4.90. The van der Waals surface area contributed by atoms with Crippen LogP contribution in [0.5, 0.6) is 17.2 Å². The van der Waals surface area contributed by atoms with Crippen molar-refractivity contribution in [2.24, 2.45) is 0 Å². The Morgan fingerprint density at radius 2 is 1.62 bits per heavy atom. The Morgan fingerprint density at radius 3 is 2.38 bits per heavy atom. The number of rotatable bonds is 8. The third kappa shape index (κ3) is 5.69. The molecule has 0 amide bonds. The van der Waals surface area contributed by atoms with Gasteiger partial charge < -0.3 is 14.3 Å². The van der Waals surface area contributed by atoms with Crippen molar-refractivity contribution in [1.29, 1.82) is 0 Å². The van der Waals surface area contributed by atoms with E-state index < -0.39 is 0 Å². The number of unbranched alkanes of at least 4 members (excludes halogenated alkanes) is 1. The largest absolute Gasteiger partial charge is 0.493 e. The maximum Gasteiger partial charge on any atom is 0.131 e. The van der Waals surface area contributed by atoms with Crippen LogP contribution in [0.2, 0.25) is 0 Å². The van der Waals surface area contributed by atoms with Gasteiger partial charge in [0.1, 0.15) is 23.0 Å². The number of hydrogen-bond acceptors (Lipinski definition) is 3. The summed E-state index contributed by atoms with van der Waals surface area (Å²) in [4.78, 5) is 10.8. The summed E-state index contributed by atoms with van der Waals surface area (Å²) < 4.78 is 11.4. The minimum atomic E-state index is 0.230. The molecular weight excluding hydrogens is 264 g/mol. The second kappa shape index (κ2) is 8.10. The van der Waals surface area contributed by atoms with Crippen LogP contribution in [0.3, 0.4) is 0 Å². The number of Topliss-reactive ketones (excluding diaryl/α,β-unsaturated/α-hetero) is 1. The molecule has 2 aromatic carbocycles. The number of ether oxygens (including phenoxy) is 2. The van der Waals surface area contributed by atoms with Crippen LogP contribution in [-0.2, 0) is 4.79 Å². The first-order valence-corrected chi connectivity index (χ1v) is 7.19. The van der Waals surface area contributed by atoms with E-state index in [-0.39, 0.29) is 5.78 Å². The van der Waals surface area contributed by atoms with Gasteiger partial charge in [0.25, 0.3) is 0 Å². The molecule has 21 heavy (non-hydrogen) atoms. The zero-order chi connectivity index (χ0) is 14.9. The lowest BCUT2D eigenvalue weighted by atomic mass is 10.2. The number of hydrogen-bond donors (Lipinski definition) is 0. The van der Waals surface area contributed by atoms with Gasteiger partial charge in [-0.05, 0) is 44.0 Å². The van der Waals surface area contributed by atoms with Gasteiger partial charge in [-0.2, -0.15) is 0 Å². The number of benzene rings is 2. The molecule has 0 aromatic heterocycles. The molecule has 0 heterocycles. The van der Waals surface area contributed by atoms with Gasteiger partial charge in [-0.1, -0.05) is 24.3 Å². The van der Waals surface area contributed by atoms with Gasteiger partial charge in [0.05, 0.1) is 6.61 Å². The minimum absolute atomic E-state index is 0.230. The molecule has 2 rings (SSSR count). The first-order valence-electron chi connectivity index (χ1n) is 7.19. The third-order valence-corrected chi connectivity index (χ3v) is 2.98. The summed E-state index contributed by atoms with van der Waals surface area (Å²) in [6.45, 7) is 2.23. The van der Waals surface area contributed by atoms with E-state index in [0.29, 0.717) is 13.0 Å². The highest BCUT2D eigenvalue weighted by Gasteiger charge is 2.00. The molecule has 0 atom stereocenters. The first-order chi connectivity index (χ1) is 10.2. The van der Waals surface area contributed by atoms with E-state index in [4.69, 9.17) is 9.47 Å². The summed E-state index contributed by atoms with van der Waals surface area (Å²) in [6, 6.07) is 17.2. The molecule has 2 aromatic rings. The summed E-state index contributed by atoms with van der Waals surface area (Å²) in [5.74, 6) is 2.57. The summed E-state index contributed by atoms with van der Waals surface area (Å²) in [6.07, 6.45) is 2.37. The quantitative estimate of drug-likeness (QED) is 0.664. The molecular formula is C18H20O3. The van der Waals surface area contributed by atoms with Crippen molar-refractivity contribution in [2.75, 3.05) is 6.61 Å². The molecule has 0 aliphatic heterocycles. The fourth-order valence-electron chi connectivity index (χ4n) is 1.92. The number of para-hydroxylation sites is 1. The lowest BCUT2D eigenvalue weighted by Crippen LogP contribution is -1.99. The van der Waals surface area contributed by atoms with Gasteiger partial charge in [0, 0.05) is 12.5 Å². The van der Waals surface area contributed by atoms with E-state index >= 15 is 0 Å². The van der Waals surface area contributed by atoms with Crippen LogP contribution in [0.4, 0.5) is 0 Å². The highest BCUT2D eigenvalue weighted by molar-refractivity contribution is 5.75.